The van der Waals surface area contributed by atoms with Gasteiger partial charge in [0.25, 0.3) is 0 Å². The standard InChI is InChI=1S/C61H56O15/c62-56(44-28-14-4-15-29-44)70-39-48-50(67-36-41-22-8-1-9-23-41)52(68-37-42-24-10-2-11-25-42)55(69-38-43-26-12-3-13-27-43)61(73-48)76-51-49(40-71-57(63)45-30-16-5-17-31-45)72-60(66)54(75-59(65)47-34-20-7-21-35-47)53(51)74-58(64)46-32-18-6-19-33-46/h1-35,48-55,60-61,66H,36-40H2/t48-,49-,50-,51+,52+,53+,54-,55+,60+,61+/m1/s1. The Hall–Kier alpha value is -7.86. The first-order valence-corrected chi connectivity index (χ1v) is 24.8. The minimum absolute atomic E-state index is 0.000716. The summed E-state index contributed by atoms with van der Waals surface area (Å²) in [4.78, 5) is 55.5. The van der Waals surface area contributed by atoms with Gasteiger partial charge in [0, 0.05) is 0 Å². The summed E-state index contributed by atoms with van der Waals surface area (Å²) in [5.74, 6) is -3.13. The van der Waals surface area contributed by atoms with Crippen molar-refractivity contribution in [2.75, 3.05) is 13.2 Å². The smallest absolute Gasteiger partial charge is 0.338 e. The first-order valence-electron chi connectivity index (χ1n) is 24.8. The normalized spacial score (nSPS) is 23.1. The number of hydrogen-bond acceptors (Lipinski definition) is 15. The molecule has 9 rings (SSSR count). The zero-order valence-corrected chi connectivity index (χ0v) is 41.2. The van der Waals surface area contributed by atoms with Gasteiger partial charge >= 0.3 is 23.9 Å². The molecule has 7 aromatic carbocycles. The van der Waals surface area contributed by atoms with Crippen molar-refractivity contribution in [2.45, 2.75) is 81.2 Å². The summed E-state index contributed by atoms with van der Waals surface area (Å²) in [7, 11) is 0. The molecule has 390 valence electrons. The highest BCUT2D eigenvalue weighted by Crippen LogP contribution is 2.36. The van der Waals surface area contributed by atoms with Crippen molar-refractivity contribution in [1.29, 1.82) is 0 Å². The van der Waals surface area contributed by atoms with Crippen molar-refractivity contribution in [3.8, 4) is 0 Å². The Morgan fingerprint density at radius 3 is 1.09 bits per heavy atom. The lowest BCUT2D eigenvalue weighted by atomic mass is 9.95. The van der Waals surface area contributed by atoms with E-state index in [4.69, 9.17) is 47.4 Å². The number of aliphatic hydroxyl groups excluding tert-OH is 1. The van der Waals surface area contributed by atoms with Gasteiger partial charge in [-0.05, 0) is 65.2 Å². The van der Waals surface area contributed by atoms with Crippen molar-refractivity contribution in [3.05, 3.63) is 251 Å². The second-order valence-electron chi connectivity index (χ2n) is 17.9. The predicted octanol–water partition coefficient (Wildman–Crippen LogP) is 8.74. The molecular weight excluding hydrogens is 973 g/mol. The molecule has 0 amide bonds. The molecular formula is C61H56O15. The maximum absolute atomic E-state index is 14.3. The quantitative estimate of drug-likeness (QED) is 0.0533. The molecule has 10 atom stereocenters. The number of ether oxygens (including phenoxy) is 10. The largest absolute Gasteiger partial charge is 0.459 e. The Balaban J connectivity index is 1.14. The zero-order valence-electron chi connectivity index (χ0n) is 41.2. The highest BCUT2D eigenvalue weighted by atomic mass is 16.8. The summed E-state index contributed by atoms with van der Waals surface area (Å²) in [6.45, 7) is -0.830. The van der Waals surface area contributed by atoms with Crippen LogP contribution in [0.1, 0.15) is 58.1 Å². The molecule has 15 heteroatoms. The van der Waals surface area contributed by atoms with Crippen LogP contribution in [-0.2, 0) is 67.2 Å². The Kier molecular flexibility index (Phi) is 18.5. The van der Waals surface area contributed by atoms with E-state index >= 15 is 0 Å². The molecule has 0 spiro atoms. The van der Waals surface area contributed by atoms with Gasteiger partial charge in [0.05, 0.1) is 42.1 Å². The Bertz CT molecular complexity index is 2900. The third-order valence-electron chi connectivity index (χ3n) is 12.6. The fraction of sp³-hybridized carbons (Fsp3) is 0.246. The number of aliphatic hydroxyl groups is 1. The molecule has 2 aliphatic heterocycles. The van der Waals surface area contributed by atoms with Gasteiger partial charge in [-0.2, -0.15) is 0 Å². The van der Waals surface area contributed by atoms with Gasteiger partial charge in [-0.3, -0.25) is 0 Å². The third-order valence-corrected chi connectivity index (χ3v) is 12.6. The lowest BCUT2D eigenvalue weighted by molar-refractivity contribution is -0.365. The molecule has 2 saturated heterocycles. The first kappa shape index (κ1) is 53.0. The molecule has 0 aliphatic carbocycles. The van der Waals surface area contributed by atoms with Gasteiger partial charge in [0.1, 0.15) is 49.8 Å². The third kappa shape index (κ3) is 14.1. The minimum Gasteiger partial charge on any atom is -0.459 e. The molecule has 1 N–H and O–H groups in total. The minimum atomic E-state index is -1.97. The summed E-state index contributed by atoms with van der Waals surface area (Å²) < 4.78 is 65.0. The molecule has 0 saturated carbocycles. The van der Waals surface area contributed by atoms with Crippen LogP contribution in [-0.4, -0.2) is 104 Å². The number of benzene rings is 7. The summed E-state index contributed by atoms with van der Waals surface area (Å²) in [5.41, 5.74) is 3.17. The van der Waals surface area contributed by atoms with E-state index in [-0.39, 0.29) is 43.1 Å². The van der Waals surface area contributed by atoms with Crippen LogP contribution in [0.2, 0.25) is 0 Å². The Labute approximate surface area is 439 Å². The van der Waals surface area contributed by atoms with Gasteiger partial charge < -0.3 is 52.5 Å². The molecule has 0 unspecified atom stereocenters. The van der Waals surface area contributed by atoms with Crippen LogP contribution >= 0.6 is 0 Å². The van der Waals surface area contributed by atoms with Crippen LogP contribution in [0.3, 0.4) is 0 Å². The molecule has 2 aliphatic rings. The van der Waals surface area contributed by atoms with Gasteiger partial charge in [-0.25, -0.2) is 19.2 Å². The van der Waals surface area contributed by atoms with E-state index in [9.17, 15) is 24.3 Å². The second kappa shape index (κ2) is 26.6. The lowest BCUT2D eigenvalue weighted by Gasteiger charge is -2.49. The number of esters is 4. The van der Waals surface area contributed by atoms with Crippen LogP contribution in [0.15, 0.2) is 212 Å². The summed E-state index contributed by atoms with van der Waals surface area (Å²) in [6, 6.07) is 61.1. The molecule has 15 nitrogen and oxygen atoms in total. The van der Waals surface area contributed by atoms with Crippen LogP contribution in [0, 0.1) is 0 Å². The van der Waals surface area contributed by atoms with Crippen molar-refractivity contribution >= 4 is 23.9 Å². The zero-order chi connectivity index (χ0) is 52.5. The fourth-order valence-electron chi connectivity index (χ4n) is 8.76. The highest BCUT2D eigenvalue weighted by Gasteiger charge is 2.56. The van der Waals surface area contributed by atoms with Crippen molar-refractivity contribution in [3.63, 3.8) is 0 Å². The van der Waals surface area contributed by atoms with Crippen molar-refractivity contribution in [1.82, 2.24) is 0 Å². The SMILES string of the molecule is O=C(OC[C@H]1O[C@H](O)[C@H](OC(=O)c2ccccc2)[C@@H](OC(=O)c2ccccc2)[C@H]1O[C@@H]1O[C@H](COC(=O)c2ccccc2)[C@@H](OCc2ccccc2)[C@H](OCc2ccccc2)[C@@H]1OCc1ccccc1)c1ccccc1. The topological polar surface area (TPSA) is 181 Å². The summed E-state index contributed by atoms with van der Waals surface area (Å²) in [5, 5.41) is 11.9. The maximum Gasteiger partial charge on any atom is 0.338 e. The highest BCUT2D eigenvalue weighted by molar-refractivity contribution is 5.91. The number of carbonyl (C=O) groups excluding carboxylic acids is 4. The Morgan fingerprint density at radius 1 is 0.355 bits per heavy atom. The van der Waals surface area contributed by atoms with E-state index < -0.39 is 91.9 Å². The average molecular weight is 1030 g/mol. The van der Waals surface area contributed by atoms with Gasteiger partial charge in [0.2, 0.25) is 0 Å². The molecule has 7 aromatic rings. The summed E-state index contributed by atoms with van der Waals surface area (Å²) >= 11 is 0. The van der Waals surface area contributed by atoms with Crippen LogP contribution in [0.4, 0.5) is 0 Å². The van der Waals surface area contributed by atoms with Gasteiger partial charge in [0.15, 0.2) is 24.8 Å². The van der Waals surface area contributed by atoms with Crippen molar-refractivity contribution in [2.24, 2.45) is 0 Å². The van der Waals surface area contributed by atoms with Crippen LogP contribution in [0.25, 0.3) is 0 Å². The van der Waals surface area contributed by atoms with E-state index in [2.05, 4.69) is 0 Å². The summed E-state index contributed by atoms with van der Waals surface area (Å²) in [6.07, 6.45) is -14.5. The fourth-order valence-corrected chi connectivity index (χ4v) is 8.76. The first-order chi connectivity index (χ1) is 37.3. The average Bonchev–Trinajstić information content (AvgIpc) is 3.51. The van der Waals surface area contributed by atoms with E-state index in [1.54, 1.807) is 97.1 Å². The lowest BCUT2D eigenvalue weighted by Crippen LogP contribution is -2.66. The molecule has 2 heterocycles. The molecule has 0 aromatic heterocycles. The van der Waals surface area contributed by atoms with Gasteiger partial charge in [-0.15, -0.1) is 0 Å². The number of hydrogen-bond donors (Lipinski definition) is 1. The number of carbonyl (C=O) groups is 4. The molecule has 76 heavy (non-hydrogen) atoms. The molecule has 0 radical (unpaired) electrons. The number of rotatable bonds is 21. The van der Waals surface area contributed by atoms with Crippen LogP contribution < -0.4 is 0 Å². The molecule has 2 fully saturated rings. The van der Waals surface area contributed by atoms with E-state index in [1.165, 1.54) is 24.3 Å². The molecule has 0 bridgehead atoms. The van der Waals surface area contributed by atoms with Crippen LogP contribution in [0.5, 0.6) is 0 Å². The second-order valence-corrected chi connectivity index (χ2v) is 17.9. The van der Waals surface area contributed by atoms with E-state index in [0.29, 0.717) is 5.56 Å². The Morgan fingerprint density at radius 2 is 0.684 bits per heavy atom. The van der Waals surface area contributed by atoms with E-state index in [1.807, 2.05) is 91.0 Å². The monoisotopic (exact) mass is 1030 g/mol. The van der Waals surface area contributed by atoms with E-state index in [0.717, 1.165) is 16.7 Å². The van der Waals surface area contributed by atoms with Crippen molar-refractivity contribution < 1.29 is 71.7 Å². The predicted molar refractivity (Wildman–Crippen MR) is 274 cm³/mol. The van der Waals surface area contributed by atoms with Gasteiger partial charge in [-0.1, -0.05) is 164 Å². The maximum atomic E-state index is 14.3.